The van der Waals surface area contributed by atoms with Gasteiger partial charge in [0.15, 0.2) is 0 Å². The van der Waals surface area contributed by atoms with Gasteiger partial charge in [-0.3, -0.25) is 14.6 Å². The molecule has 2 saturated carbocycles. The van der Waals surface area contributed by atoms with Gasteiger partial charge in [-0.2, -0.15) is 0 Å². The lowest BCUT2D eigenvalue weighted by Crippen LogP contribution is -2.58. The maximum atomic E-state index is 13.0. The molecule has 7 atom stereocenters. The lowest BCUT2D eigenvalue weighted by atomic mass is 9.51. The van der Waals surface area contributed by atoms with Gasteiger partial charge in [0, 0.05) is 24.7 Å². The van der Waals surface area contributed by atoms with E-state index in [4.69, 9.17) is 0 Å². The number of aliphatic hydroxyl groups is 1. The van der Waals surface area contributed by atoms with E-state index in [1.807, 2.05) is 43.3 Å². The number of aliphatic hydroxyl groups excluding tert-OH is 1. The van der Waals surface area contributed by atoms with Crippen LogP contribution in [0.15, 0.2) is 54.7 Å². The van der Waals surface area contributed by atoms with Crippen molar-refractivity contribution in [3.05, 3.63) is 66.0 Å². The Morgan fingerprint density at radius 3 is 2.53 bits per heavy atom. The van der Waals surface area contributed by atoms with Crippen LogP contribution in [0.3, 0.4) is 0 Å². The van der Waals surface area contributed by atoms with Crippen LogP contribution in [0.2, 0.25) is 0 Å². The number of rotatable bonds is 6. The molecule has 6 nitrogen and oxygen atoms in total. The van der Waals surface area contributed by atoms with E-state index in [2.05, 4.69) is 29.5 Å². The van der Waals surface area contributed by atoms with Crippen molar-refractivity contribution in [3.63, 3.8) is 0 Å². The number of aromatic nitrogens is 1. The molecule has 2 aliphatic rings. The molecule has 0 aliphatic heterocycles. The minimum atomic E-state index is -0.583. The van der Waals surface area contributed by atoms with E-state index in [1.165, 1.54) is 0 Å². The molecular formula is C28H37N3O3. The smallest absolute Gasteiger partial charge is 0.270 e. The van der Waals surface area contributed by atoms with Crippen LogP contribution in [0.4, 0.5) is 0 Å². The number of nitrogens with one attached hydrogen (secondary N) is 2. The molecule has 0 bridgehead atoms. The van der Waals surface area contributed by atoms with E-state index in [9.17, 15) is 14.7 Å². The van der Waals surface area contributed by atoms with Crippen LogP contribution in [0.5, 0.6) is 0 Å². The van der Waals surface area contributed by atoms with Crippen molar-refractivity contribution in [2.24, 2.45) is 29.1 Å². The van der Waals surface area contributed by atoms with E-state index in [1.54, 1.807) is 18.3 Å². The van der Waals surface area contributed by atoms with Gasteiger partial charge in [0.1, 0.15) is 5.69 Å². The summed E-state index contributed by atoms with van der Waals surface area (Å²) in [6.45, 7) is 6.83. The molecule has 2 fully saturated rings. The maximum absolute atomic E-state index is 13.0. The summed E-state index contributed by atoms with van der Waals surface area (Å²) >= 11 is 0. The van der Waals surface area contributed by atoms with Gasteiger partial charge < -0.3 is 15.7 Å². The second-order valence-corrected chi connectivity index (χ2v) is 10.6. The van der Waals surface area contributed by atoms with E-state index in [0.29, 0.717) is 12.2 Å². The third-order valence-electron chi connectivity index (χ3n) is 8.47. The Morgan fingerprint density at radius 1 is 1.12 bits per heavy atom. The van der Waals surface area contributed by atoms with Crippen LogP contribution in [0.1, 0.15) is 62.5 Å². The van der Waals surface area contributed by atoms with Gasteiger partial charge in [0.25, 0.3) is 5.91 Å². The summed E-state index contributed by atoms with van der Waals surface area (Å²) in [5, 5.41) is 17.8. The Kier molecular flexibility index (Phi) is 7.36. The van der Waals surface area contributed by atoms with Gasteiger partial charge in [-0.25, -0.2) is 0 Å². The van der Waals surface area contributed by atoms with Gasteiger partial charge in [-0.05, 0) is 66.5 Å². The Labute approximate surface area is 202 Å². The standard InChI is InChI=1S/C28H37N3O3/c1-18(26(33)30-17-20-9-5-4-6-10-20)21-12-14-28(3)15-13-22(19(2)24(28)25(21)32)31-27(34)23-11-7-8-16-29-23/h4-11,16,18-19,21-22,24-25,32H,12-15,17H2,1-3H3,(H,30,33)(H,31,34)/t18-,19+,21?,22-,24+,25-,28-/m0/s1. The van der Waals surface area contributed by atoms with Gasteiger partial charge in [-0.15, -0.1) is 0 Å². The molecule has 0 radical (unpaired) electrons. The Hall–Kier alpha value is -2.73. The van der Waals surface area contributed by atoms with E-state index in [-0.39, 0.29) is 46.9 Å². The SMILES string of the molecule is C[C@H]1[C@@H]2[C@@H](O)C([C@H](C)C(=O)NCc3ccccc3)CC[C@@]2(C)CC[C@@H]1NC(=O)c1ccccn1. The highest BCUT2D eigenvalue weighted by Crippen LogP contribution is 2.55. The topological polar surface area (TPSA) is 91.3 Å². The van der Waals surface area contributed by atoms with Crippen molar-refractivity contribution >= 4 is 11.8 Å². The fraction of sp³-hybridized carbons (Fsp3) is 0.536. The molecule has 1 aromatic carbocycles. The summed E-state index contributed by atoms with van der Waals surface area (Å²) in [7, 11) is 0. The molecule has 1 heterocycles. The van der Waals surface area contributed by atoms with Crippen LogP contribution in [0.25, 0.3) is 0 Å². The summed E-state index contributed by atoms with van der Waals surface area (Å²) in [5.74, 6) is -0.431. The lowest BCUT2D eigenvalue weighted by Gasteiger charge is -2.56. The lowest BCUT2D eigenvalue weighted by molar-refractivity contribution is -0.142. The largest absolute Gasteiger partial charge is 0.392 e. The average Bonchev–Trinajstić information content (AvgIpc) is 2.85. The Morgan fingerprint density at radius 2 is 1.82 bits per heavy atom. The Bertz CT molecular complexity index is 983. The number of carbonyl (C=O) groups excluding carboxylic acids is 2. The second-order valence-electron chi connectivity index (χ2n) is 10.6. The molecule has 1 unspecified atom stereocenters. The zero-order valence-electron chi connectivity index (χ0n) is 20.4. The first kappa shape index (κ1) is 24.4. The monoisotopic (exact) mass is 463 g/mol. The third-order valence-corrected chi connectivity index (χ3v) is 8.47. The Balaban J connectivity index is 1.42. The maximum Gasteiger partial charge on any atom is 0.270 e. The van der Waals surface area contributed by atoms with E-state index >= 15 is 0 Å². The molecule has 0 saturated heterocycles. The quantitative estimate of drug-likeness (QED) is 0.605. The number of nitrogens with zero attached hydrogens (tertiary/aromatic N) is 1. The molecule has 182 valence electrons. The van der Waals surface area contributed by atoms with Crippen LogP contribution in [0, 0.1) is 29.1 Å². The van der Waals surface area contributed by atoms with Gasteiger partial charge >= 0.3 is 0 Å². The molecule has 2 amide bonds. The fourth-order valence-electron chi connectivity index (χ4n) is 6.38. The van der Waals surface area contributed by atoms with Crippen LogP contribution < -0.4 is 10.6 Å². The van der Waals surface area contributed by atoms with Gasteiger partial charge in [0.2, 0.25) is 5.91 Å². The van der Waals surface area contributed by atoms with Crippen LogP contribution in [-0.4, -0.2) is 34.1 Å². The molecule has 34 heavy (non-hydrogen) atoms. The summed E-state index contributed by atoms with van der Waals surface area (Å²) < 4.78 is 0. The van der Waals surface area contributed by atoms with E-state index in [0.717, 1.165) is 31.2 Å². The van der Waals surface area contributed by atoms with Gasteiger partial charge in [0.05, 0.1) is 6.10 Å². The molecule has 2 aliphatic carbocycles. The third kappa shape index (κ3) is 5.02. The van der Waals surface area contributed by atoms with Crippen molar-refractivity contribution in [1.82, 2.24) is 15.6 Å². The van der Waals surface area contributed by atoms with Crippen molar-refractivity contribution in [3.8, 4) is 0 Å². The number of fused-ring (bicyclic) bond motifs is 1. The molecule has 4 rings (SSSR count). The molecule has 0 spiro atoms. The summed E-state index contributed by atoms with van der Waals surface area (Å²) in [6, 6.07) is 15.2. The molecular weight excluding hydrogens is 426 g/mol. The minimum Gasteiger partial charge on any atom is -0.392 e. The average molecular weight is 464 g/mol. The highest BCUT2D eigenvalue weighted by atomic mass is 16.3. The first-order chi connectivity index (χ1) is 16.3. The first-order valence-electron chi connectivity index (χ1n) is 12.5. The van der Waals surface area contributed by atoms with Crippen molar-refractivity contribution in [1.29, 1.82) is 0 Å². The normalized spacial score (nSPS) is 31.7. The van der Waals surface area contributed by atoms with Crippen LogP contribution >= 0.6 is 0 Å². The molecule has 1 aromatic heterocycles. The fourth-order valence-corrected chi connectivity index (χ4v) is 6.38. The van der Waals surface area contributed by atoms with Gasteiger partial charge in [-0.1, -0.05) is 57.2 Å². The van der Waals surface area contributed by atoms with E-state index < -0.39 is 6.10 Å². The van der Waals surface area contributed by atoms with Crippen LogP contribution in [-0.2, 0) is 11.3 Å². The summed E-state index contributed by atoms with van der Waals surface area (Å²) in [5.41, 5.74) is 1.49. The van der Waals surface area contributed by atoms with Crippen molar-refractivity contribution in [2.75, 3.05) is 0 Å². The molecule has 2 aromatic rings. The molecule has 6 heteroatoms. The number of pyridine rings is 1. The van der Waals surface area contributed by atoms with Crippen molar-refractivity contribution < 1.29 is 14.7 Å². The number of carbonyl (C=O) groups is 2. The zero-order valence-corrected chi connectivity index (χ0v) is 20.4. The second kappa shape index (κ2) is 10.3. The number of hydrogen-bond donors (Lipinski definition) is 3. The molecule has 3 N–H and O–H groups in total. The number of amides is 2. The highest BCUT2D eigenvalue weighted by molar-refractivity contribution is 5.92. The highest BCUT2D eigenvalue weighted by Gasteiger charge is 2.53. The zero-order chi connectivity index (χ0) is 24.3. The van der Waals surface area contributed by atoms with Crippen molar-refractivity contribution in [2.45, 2.75) is 65.1 Å². The minimum absolute atomic E-state index is 0.0139. The number of benzene rings is 1. The first-order valence-corrected chi connectivity index (χ1v) is 12.5. The summed E-state index contributed by atoms with van der Waals surface area (Å²) in [4.78, 5) is 29.9. The number of hydrogen-bond acceptors (Lipinski definition) is 4. The summed E-state index contributed by atoms with van der Waals surface area (Å²) in [6.07, 6.45) is 4.70. The predicted octanol–water partition coefficient (Wildman–Crippen LogP) is 3.96. The predicted molar refractivity (Wildman–Crippen MR) is 132 cm³/mol.